The molecule has 0 radical (unpaired) electrons. The first-order chi connectivity index (χ1) is 7.52. The van der Waals surface area contributed by atoms with Gasteiger partial charge >= 0.3 is 0 Å². The lowest BCUT2D eigenvalue weighted by Crippen LogP contribution is -2.29. The lowest BCUT2D eigenvalue weighted by molar-refractivity contribution is 0.169. The Hall–Kier alpha value is -1.26. The van der Waals surface area contributed by atoms with Crippen LogP contribution >= 0.6 is 0 Å². The van der Waals surface area contributed by atoms with Crippen molar-refractivity contribution in [2.75, 3.05) is 6.54 Å². The average Bonchev–Trinajstić information content (AvgIpc) is 2.23. The molecule has 90 valence electrons. The molecule has 0 bridgehead atoms. The second kappa shape index (κ2) is 5.72. The number of aliphatic hydroxyl groups excluding tert-OH is 1. The molecular weight excluding hydrogens is 206 g/mol. The number of phenolic OH excluding ortho intramolecular Hbond substituents is 2. The van der Waals surface area contributed by atoms with Gasteiger partial charge in [-0.1, -0.05) is 6.92 Å². The minimum Gasteiger partial charge on any atom is -0.508 e. The number of benzene rings is 1. The molecule has 0 saturated heterocycles. The van der Waals surface area contributed by atoms with E-state index < -0.39 is 6.10 Å². The van der Waals surface area contributed by atoms with Crippen molar-refractivity contribution in [2.45, 2.75) is 32.4 Å². The predicted octanol–water partition coefficient (Wildman–Crippen LogP) is 1.52. The van der Waals surface area contributed by atoms with E-state index in [1.165, 1.54) is 18.2 Å². The molecule has 2 atom stereocenters. The van der Waals surface area contributed by atoms with E-state index in [2.05, 4.69) is 12.2 Å². The third-order valence-electron chi connectivity index (χ3n) is 2.58. The Morgan fingerprint density at radius 3 is 2.25 bits per heavy atom. The predicted molar refractivity (Wildman–Crippen MR) is 62.5 cm³/mol. The molecule has 0 aliphatic rings. The van der Waals surface area contributed by atoms with Gasteiger partial charge in [0.2, 0.25) is 0 Å². The van der Waals surface area contributed by atoms with Crippen molar-refractivity contribution in [3.63, 3.8) is 0 Å². The van der Waals surface area contributed by atoms with Gasteiger partial charge in [0.15, 0.2) is 0 Å². The zero-order valence-corrected chi connectivity index (χ0v) is 9.64. The lowest BCUT2D eigenvalue weighted by Gasteiger charge is -2.16. The van der Waals surface area contributed by atoms with Gasteiger partial charge in [-0.25, -0.2) is 0 Å². The highest BCUT2D eigenvalue weighted by molar-refractivity contribution is 5.37. The first-order valence-electron chi connectivity index (χ1n) is 5.47. The van der Waals surface area contributed by atoms with Crippen LogP contribution in [0.25, 0.3) is 0 Å². The second-order valence-electron chi connectivity index (χ2n) is 4.02. The number of aliphatic hydroxyl groups is 1. The molecule has 4 N–H and O–H groups in total. The molecule has 0 amide bonds. The quantitative estimate of drug-likeness (QED) is 0.613. The van der Waals surface area contributed by atoms with Gasteiger partial charge in [-0.3, -0.25) is 0 Å². The number of hydrogen-bond donors (Lipinski definition) is 4. The third kappa shape index (κ3) is 3.72. The maximum atomic E-state index is 9.83. The molecule has 1 rings (SSSR count). The van der Waals surface area contributed by atoms with Gasteiger partial charge in [-0.05, 0) is 31.0 Å². The molecule has 0 aliphatic heterocycles. The van der Waals surface area contributed by atoms with E-state index in [0.717, 1.165) is 6.42 Å². The maximum absolute atomic E-state index is 9.83. The summed E-state index contributed by atoms with van der Waals surface area (Å²) in [6, 6.07) is 4.46. The Balaban J connectivity index is 2.62. The molecule has 4 nitrogen and oxygen atoms in total. The smallest absolute Gasteiger partial charge is 0.119 e. The van der Waals surface area contributed by atoms with Crippen LogP contribution in [0.15, 0.2) is 18.2 Å². The van der Waals surface area contributed by atoms with Crippen LogP contribution in [0.2, 0.25) is 0 Å². The molecule has 0 aromatic heterocycles. The fourth-order valence-electron chi connectivity index (χ4n) is 1.39. The second-order valence-corrected chi connectivity index (χ2v) is 4.02. The summed E-state index contributed by atoms with van der Waals surface area (Å²) in [4.78, 5) is 0. The minimum atomic E-state index is -0.730. The highest BCUT2D eigenvalue weighted by atomic mass is 16.3. The summed E-state index contributed by atoms with van der Waals surface area (Å²) in [5.74, 6) is -0.0878. The molecule has 4 heteroatoms. The van der Waals surface area contributed by atoms with Crippen molar-refractivity contribution in [3.05, 3.63) is 23.8 Å². The number of rotatable bonds is 5. The van der Waals surface area contributed by atoms with Crippen LogP contribution in [0.3, 0.4) is 0 Å². The summed E-state index contributed by atoms with van der Waals surface area (Å²) in [6.45, 7) is 4.49. The van der Waals surface area contributed by atoms with E-state index in [1.54, 1.807) is 0 Å². The minimum absolute atomic E-state index is 0.0439. The normalized spacial score (nSPS) is 14.7. The zero-order chi connectivity index (χ0) is 12.1. The fourth-order valence-corrected chi connectivity index (χ4v) is 1.39. The highest BCUT2D eigenvalue weighted by Gasteiger charge is 2.10. The number of nitrogens with one attached hydrogen (secondary N) is 1. The van der Waals surface area contributed by atoms with Crippen LogP contribution in [-0.2, 0) is 0 Å². The van der Waals surface area contributed by atoms with Crippen LogP contribution in [0, 0.1) is 0 Å². The van der Waals surface area contributed by atoms with Gasteiger partial charge in [0.25, 0.3) is 0 Å². The van der Waals surface area contributed by atoms with E-state index >= 15 is 0 Å². The molecule has 1 aromatic rings. The summed E-state index contributed by atoms with van der Waals surface area (Å²) >= 11 is 0. The van der Waals surface area contributed by atoms with Gasteiger partial charge in [-0.15, -0.1) is 0 Å². The van der Waals surface area contributed by atoms with E-state index in [0.29, 0.717) is 18.2 Å². The van der Waals surface area contributed by atoms with Crippen molar-refractivity contribution >= 4 is 0 Å². The van der Waals surface area contributed by atoms with E-state index in [9.17, 15) is 15.3 Å². The van der Waals surface area contributed by atoms with E-state index in [4.69, 9.17) is 0 Å². The van der Waals surface area contributed by atoms with Crippen molar-refractivity contribution in [3.8, 4) is 11.5 Å². The molecule has 0 fully saturated rings. The Morgan fingerprint density at radius 1 is 1.19 bits per heavy atom. The molecule has 1 aromatic carbocycles. The van der Waals surface area contributed by atoms with Gasteiger partial charge in [0.05, 0.1) is 6.10 Å². The average molecular weight is 225 g/mol. The van der Waals surface area contributed by atoms with Crippen LogP contribution in [0.5, 0.6) is 11.5 Å². The summed E-state index contributed by atoms with van der Waals surface area (Å²) in [7, 11) is 0. The van der Waals surface area contributed by atoms with Gasteiger partial charge in [-0.2, -0.15) is 0 Å². The summed E-state index contributed by atoms with van der Waals surface area (Å²) in [6.07, 6.45) is 0.255. The first kappa shape index (κ1) is 12.8. The van der Waals surface area contributed by atoms with Gasteiger partial charge in [0, 0.05) is 18.7 Å². The third-order valence-corrected chi connectivity index (χ3v) is 2.58. The Bertz CT molecular complexity index is 321. The monoisotopic (exact) mass is 225 g/mol. The Kier molecular flexibility index (Phi) is 4.58. The Labute approximate surface area is 95.6 Å². The fraction of sp³-hybridized carbons (Fsp3) is 0.500. The molecule has 0 heterocycles. The summed E-state index contributed by atoms with van der Waals surface area (Å²) in [5.41, 5.74) is 0.508. The molecule has 16 heavy (non-hydrogen) atoms. The first-order valence-corrected chi connectivity index (χ1v) is 5.47. The largest absolute Gasteiger partial charge is 0.508 e. The van der Waals surface area contributed by atoms with Crippen molar-refractivity contribution in [1.29, 1.82) is 0 Å². The van der Waals surface area contributed by atoms with Crippen LogP contribution in [0.4, 0.5) is 0 Å². The topological polar surface area (TPSA) is 72.7 Å². The van der Waals surface area contributed by atoms with Crippen LogP contribution in [0.1, 0.15) is 31.9 Å². The lowest BCUT2D eigenvalue weighted by atomic mass is 10.1. The summed E-state index contributed by atoms with van der Waals surface area (Å²) in [5, 5.41) is 31.5. The van der Waals surface area contributed by atoms with E-state index in [-0.39, 0.29) is 11.5 Å². The number of aromatic hydroxyl groups is 2. The maximum Gasteiger partial charge on any atom is 0.119 e. The van der Waals surface area contributed by atoms with Crippen LogP contribution < -0.4 is 5.32 Å². The molecule has 2 unspecified atom stereocenters. The van der Waals surface area contributed by atoms with Gasteiger partial charge in [0.1, 0.15) is 11.5 Å². The Morgan fingerprint density at radius 2 is 1.75 bits per heavy atom. The van der Waals surface area contributed by atoms with Crippen molar-refractivity contribution < 1.29 is 15.3 Å². The standard InChI is InChI=1S/C12H19NO3/c1-3-8(2)13-7-12(16)9-4-10(14)6-11(15)5-9/h4-6,8,12-16H,3,7H2,1-2H3. The van der Waals surface area contributed by atoms with Crippen molar-refractivity contribution in [2.24, 2.45) is 0 Å². The highest BCUT2D eigenvalue weighted by Crippen LogP contribution is 2.24. The molecule has 0 spiro atoms. The van der Waals surface area contributed by atoms with Crippen molar-refractivity contribution in [1.82, 2.24) is 5.32 Å². The molecule has 0 aliphatic carbocycles. The molecule has 0 saturated carbocycles. The SMILES string of the molecule is CCC(C)NCC(O)c1cc(O)cc(O)c1. The van der Waals surface area contributed by atoms with Gasteiger partial charge < -0.3 is 20.6 Å². The van der Waals surface area contributed by atoms with Crippen LogP contribution in [-0.4, -0.2) is 27.9 Å². The number of hydrogen-bond acceptors (Lipinski definition) is 4. The zero-order valence-electron chi connectivity index (χ0n) is 9.64. The summed E-state index contributed by atoms with van der Waals surface area (Å²) < 4.78 is 0. The molecular formula is C12H19NO3. The number of phenols is 2. The van der Waals surface area contributed by atoms with E-state index in [1.807, 2.05) is 6.92 Å².